The molecule has 2 fully saturated rings. The summed E-state index contributed by atoms with van der Waals surface area (Å²) in [5, 5.41) is 41.5. The van der Waals surface area contributed by atoms with E-state index in [1.54, 1.807) is 13.0 Å². The van der Waals surface area contributed by atoms with Crippen LogP contribution in [0.2, 0.25) is 0 Å². The van der Waals surface area contributed by atoms with E-state index in [-0.39, 0.29) is 42.5 Å². The predicted octanol–water partition coefficient (Wildman–Crippen LogP) is 1.09. The van der Waals surface area contributed by atoms with Crippen LogP contribution >= 0.6 is 0 Å². The van der Waals surface area contributed by atoms with E-state index in [1.165, 1.54) is 0 Å². The molecule has 1 saturated heterocycles. The lowest BCUT2D eigenvalue weighted by molar-refractivity contribution is -0.167. The third-order valence-corrected chi connectivity index (χ3v) is 7.34. The van der Waals surface area contributed by atoms with Crippen LogP contribution in [0.3, 0.4) is 0 Å². The van der Waals surface area contributed by atoms with E-state index in [0.29, 0.717) is 31.3 Å². The first kappa shape index (κ1) is 24.2. The van der Waals surface area contributed by atoms with E-state index in [2.05, 4.69) is 0 Å². The normalized spacial score (nSPS) is 41.6. The second kappa shape index (κ2) is 9.98. The van der Waals surface area contributed by atoms with Crippen LogP contribution in [0.25, 0.3) is 0 Å². The molecule has 0 aromatic heterocycles. The number of rotatable bonds is 6. The number of fused-ring (bicyclic) bond motifs is 1. The van der Waals surface area contributed by atoms with Crippen molar-refractivity contribution in [1.82, 2.24) is 0 Å². The van der Waals surface area contributed by atoms with Crippen molar-refractivity contribution in [2.24, 2.45) is 23.7 Å². The lowest BCUT2D eigenvalue weighted by atomic mass is 9.62. The summed E-state index contributed by atoms with van der Waals surface area (Å²) in [5.41, 5.74) is 0.511. The van der Waals surface area contributed by atoms with Crippen molar-refractivity contribution in [3.63, 3.8) is 0 Å². The first-order valence-corrected chi connectivity index (χ1v) is 11.5. The first-order chi connectivity index (χ1) is 14.6. The highest BCUT2D eigenvalue weighted by atomic mass is 16.6. The molecule has 1 aliphatic heterocycles. The van der Waals surface area contributed by atoms with Crippen LogP contribution in [-0.2, 0) is 19.1 Å². The highest BCUT2D eigenvalue weighted by molar-refractivity contribution is 5.72. The summed E-state index contributed by atoms with van der Waals surface area (Å²) < 4.78 is 11.2. The summed E-state index contributed by atoms with van der Waals surface area (Å²) in [4.78, 5) is 24.2. The number of aliphatic hydroxyl groups excluding tert-OH is 4. The van der Waals surface area contributed by atoms with Gasteiger partial charge in [0, 0.05) is 18.8 Å². The van der Waals surface area contributed by atoms with Gasteiger partial charge in [-0.2, -0.15) is 0 Å². The van der Waals surface area contributed by atoms with Gasteiger partial charge in [-0.05, 0) is 36.7 Å². The Hall–Kier alpha value is -1.48. The number of ether oxygens (including phenoxy) is 2. The Morgan fingerprint density at radius 3 is 2.58 bits per heavy atom. The summed E-state index contributed by atoms with van der Waals surface area (Å²) in [6.45, 7) is 5.61. The molecule has 1 unspecified atom stereocenters. The number of hydrogen-bond donors (Lipinski definition) is 4. The molecule has 3 rings (SSSR count). The van der Waals surface area contributed by atoms with Crippen molar-refractivity contribution in [2.45, 2.75) is 95.9 Å². The van der Waals surface area contributed by atoms with Crippen molar-refractivity contribution >= 4 is 11.9 Å². The van der Waals surface area contributed by atoms with E-state index >= 15 is 0 Å². The van der Waals surface area contributed by atoms with Crippen molar-refractivity contribution in [3.8, 4) is 0 Å². The van der Waals surface area contributed by atoms with Gasteiger partial charge in [-0.15, -0.1) is 0 Å². The smallest absolute Gasteiger partial charge is 0.308 e. The Bertz CT molecular complexity index is 691. The van der Waals surface area contributed by atoms with Crippen LogP contribution in [0.4, 0.5) is 0 Å². The maximum absolute atomic E-state index is 12.5. The fourth-order valence-corrected chi connectivity index (χ4v) is 5.22. The van der Waals surface area contributed by atoms with E-state index in [4.69, 9.17) is 9.47 Å². The van der Waals surface area contributed by atoms with Crippen molar-refractivity contribution in [1.29, 1.82) is 0 Å². The molecule has 176 valence electrons. The molecule has 1 saturated carbocycles. The Kier molecular flexibility index (Phi) is 7.78. The molecule has 1 heterocycles. The van der Waals surface area contributed by atoms with Crippen LogP contribution in [0.1, 0.15) is 59.3 Å². The van der Waals surface area contributed by atoms with Gasteiger partial charge in [-0.3, -0.25) is 9.59 Å². The van der Waals surface area contributed by atoms with Gasteiger partial charge in [-0.25, -0.2) is 0 Å². The SMILES string of the molecule is CC[C@H](C)C(=O)O[C@H]1C[C@H](O)[C@H](O)C2=C[C@@H](O)[C@H](C)[C@H](CC[C@@H]3C[C@@H](O)CC(=O)O3)C21. The fourth-order valence-electron chi connectivity index (χ4n) is 5.22. The highest BCUT2D eigenvalue weighted by Gasteiger charge is 2.50. The fraction of sp³-hybridized carbons (Fsp3) is 0.826. The van der Waals surface area contributed by atoms with Gasteiger partial charge in [0.05, 0.1) is 30.7 Å². The summed E-state index contributed by atoms with van der Waals surface area (Å²) >= 11 is 0. The number of carbonyl (C=O) groups excluding carboxylic acids is 2. The lowest BCUT2D eigenvalue weighted by Gasteiger charge is -2.48. The molecule has 2 aliphatic carbocycles. The Balaban J connectivity index is 1.81. The molecule has 0 bridgehead atoms. The van der Waals surface area contributed by atoms with Crippen LogP contribution in [0, 0.1) is 23.7 Å². The summed E-state index contributed by atoms with van der Waals surface area (Å²) in [6, 6.07) is 0. The molecule has 8 heteroatoms. The molecule has 0 aromatic carbocycles. The summed E-state index contributed by atoms with van der Waals surface area (Å²) in [6.07, 6.45) is -0.944. The molecule has 4 N–H and O–H groups in total. The topological polar surface area (TPSA) is 134 Å². The van der Waals surface area contributed by atoms with Crippen LogP contribution in [0.5, 0.6) is 0 Å². The zero-order chi connectivity index (χ0) is 22.9. The van der Waals surface area contributed by atoms with E-state index in [1.807, 2.05) is 13.8 Å². The lowest BCUT2D eigenvalue weighted by Crippen LogP contribution is -2.53. The summed E-state index contributed by atoms with van der Waals surface area (Å²) in [7, 11) is 0. The maximum Gasteiger partial charge on any atom is 0.308 e. The van der Waals surface area contributed by atoms with Gasteiger partial charge >= 0.3 is 11.9 Å². The molecule has 31 heavy (non-hydrogen) atoms. The Morgan fingerprint density at radius 1 is 1.23 bits per heavy atom. The first-order valence-electron chi connectivity index (χ1n) is 11.5. The molecular formula is C23H36O8. The second-order valence-electron chi connectivity index (χ2n) is 9.52. The number of hydrogen-bond acceptors (Lipinski definition) is 8. The Morgan fingerprint density at radius 2 is 1.94 bits per heavy atom. The largest absolute Gasteiger partial charge is 0.462 e. The molecule has 0 aromatic rings. The molecule has 3 aliphatic rings. The quantitative estimate of drug-likeness (QED) is 0.356. The van der Waals surface area contributed by atoms with E-state index in [9.17, 15) is 30.0 Å². The highest BCUT2D eigenvalue weighted by Crippen LogP contribution is 2.47. The monoisotopic (exact) mass is 440 g/mol. The third-order valence-electron chi connectivity index (χ3n) is 7.34. The standard InChI is InChI=1S/C23H36O8/c1-4-11(2)23(29)31-19-10-18(26)22(28)16-9-17(25)12(3)15(21(16)19)6-5-14-7-13(24)8-20(27)30-14/h9,11-15,17-19,21-22,24-26,28H,4-8,10H2,1-3H3/t11-,12+,13+,14+,15-,17+,18-,19-,21?,22+/m0/s1. The molecule has 0 spiro atoms. The number of esters is 2. The van der Waals surface area contributed by atoms with Crippen molar-refractivity contribution < 1.29 is 39.5 Å². The molecule has 0 amide bonds. The molecule has 8 nitrogen and oxygen atoms in total. The van der Waals surface area contributed by atoms with Gasteiger partial charge in [0.25, 0.3) is 0 Å². The van der Waals surface area contributed by atoms with Crippen LogP contribution < -0.4 is 0 Å². The molecule has 0 radical (unpaired) electrons. The van der Waals surface area contributed by atoms with Gasteiger partial charge in [0.1, 0.15) is 18.3 Å². The Labute approximate surface area is 183 Å². The van der Waals surface area contributed by atoms with Gasteiger partial charge in [-0.1, -0.05) is 26.8 Å². The number of carbonyl (C=O) groups is 2. The third kappa shape index (κ3) is 5.30. The molecular weight excluding hydrogens is 404 g/mol. The number of cyclic esters (lactones) is 1. The average Bonchev–Trinajstić information content (AvgIpc) is 2.71. The second-order valence-corrected chi connectivity index (χ2v) is 9.52. The maximum atomic E-state index is 12.5. The van der Waals surface area contributed by atoms with Gasteiger partial charge in [0.2, 0.25) is 0 Å². The molecule has 10 atom stereocenters. The van der Waals surface area contributed by atoms with Crippen molar-refractivity contribution in [2.75, 3.05) is 0 Å². The predicted molar refractivity (Wildman–Crippen MR) is 111 cm³/mol. The van der Waals surface area contributed by atoms with Crippen LogP contribution in [-0.4, -0.2) is 69.0 Å². The minimum absolute atomic E-state index is 0.00226. The zero-order valence-corrected chi connectivity index (χ0v) is 18.5. The minimum Gasteiger partial charge on any atom is -0.462 e. The van der Waals surface area contributed by atoms with Crippen molar-refractivity contribution in [3.05, 3.63) is 11.6 Å². The van der Waals surface area contributed by atoms with E-state index in [0.717, 1.165) is 0 Å². The minimum atomic E-state index is -1.12. The average molecular weight is 441 g/mol. The van der Waals surface area contributed by atoms with E-state index < -0.39 is 42.6 Å². The zero-order valence-electron chi connectivity index (χ0n) is 18.5. The van der Waals surface area contributed by atoms with Gasteiger partial charge in [0.15, 0.2) is 0 Å². The van der Waals surface area contributed by atoms with Crippen LogP contribution in [0.15, 0.2) is 11.6 Å². The number of aliphatic hydroxyl groups is 4. The van der Waals surface area contributed by atoms with Gasteiger partial charge < -0.3 is 29.9 Å². The summed E-state index contributed by atoms with van der Waals surface area (Å²) in [5.74, 6) is -1.69.